The molecule has 0 aromatic carbocycles. The van der Waals surface area contributed by atoms with Crippen LogP contribution in [0.4, 0.5) is 0 Å². The molecule has 0 fully saturated rings. The fourth-order valence-corrected chi connectivity index (χ4v) is 5.84. The van der Waals surface area contributed by atoms with Crippen molar-refractivity contribution in [2.75, 3.05) is 13.2 Å². The lowest BCUT2D eigenvalue weighted by molar-refractivity contribution is -0.153. The maximum absolute atomic E-state index is 11.6. The highest BCUT2D eigenvalue weighted by Gasteiger charge is 2.11. The molecule has 0 saturated carbocycles. The Hall–Kier alpha value is -0.870. The summed E-state index contributed by atoms with van der Waals surface area (Å²) < 4.78 is 4.99. The number of carbonyl (C=O) groups is 1. The Balaban J connectivity index is 3.50. The standard InChI is InChI=1S/C37H72O4/c1-3-5-6-7-8-9-10-11-12-13-14-15-17-20-23-26-30-35(29-4-2)31-27-24-21-18-16-19-22-25-28-32-37(40)41-36(33-38)34-39/h11-12,35-36,38-39H,3-10,13-34H2,1-2H3/b12-11-. The lowest BCUT2D eigenvalue weighted by atomic mass is 9.90. The fourth-order valence-electron chi connectivity index (χ4n) is 5.84. The molecule has 0 amide bonds. The summed E-state index contributed by atoms with van der Waals surface area (Å²) in [7, 11) is 0. The van der Waals surface area contributed by atoms with Crippen LogP contribution in [-0.4, -0.2) is 35.5 Å². The third-order valence-corrected chi connectivity index (χ3v) is 8.52. The molecule has 0 heterocycles. The second kappa shape index (κ2) is 33.6. The van der Waals surface area contributed by atoms with Gasteiger partial charge in [0.05, 0.1) is 13.2 Å². The van der Waals surface area contributed by atoms with E-state index in [1.165, 1.54) is 161 Å². The van der Waals surface area contributed by atoms with Crippen LogP contribution in [0.25, 0.3) is 0 Å². The Morgan fingerprint density at radius 1 is 0.537 bits per heavy atom. The van der Waals surface area contributed by atoms with Crippen LogP contribution in [0.3, 0.4) is 0 Å². The van der Waals surface area contributed by atoms with Crippen LogP contribution in [0.5, 0.6) is 0 Å². The Labute approximate surface area is 256 Å². The summed E-state index contributed by atoms with van der Waals surface area (Å²) in [6.45, 7) is 3.99. The van der Waals surface area contributed by atoms with Gasteiger partial charge < -0.3 is 14.9 Å². The topological polar surface area (TPSA) is 66.8 Å². The van der Waals surface area contributed by atoms with Crippen LogP contribution in [0.1, 0.15) is 194 Å². The first-order valence-electron chi connectivity index (χ1n) is 18.2. The van der Waals surface area contributed by atoms with Crippen LogP contribution in [0.15, 0.2) is 12.2 Å². The molecule has 0 aromatic heterocycles. The maximum Gasteiger partial charge on any atom is 0.306 e. The molecule has 0 radical (unpaired) electrons. The quantitative estimate of drug-likeness (QED) is 0.0460. The van der Waals surface area contributed by atoms with Crippen molar-refractivity contribution in [3.8, 4) is 0 Å². The van der Waals surface area contributed by atoms with Crippen LogP contribution in [0.2, 0.25) is 0 Å². The SMILES string of the molecule is CCCCCCCC/C=C\CCCCCCCCC(CCC)CCCCCCCCCCCC(=O)OC(CO)CO. The van der Waals surface area contributed by atoms with Gasteiger partial charge in [-0.2, -0.15) is 0 Å². The average Bonchev–Trinajstić information content (AvgIpc) is 2.98. The van der Waals surface area contributed by atoms with E-state index in [0.29, 0.717) is 6.42 Å². The van der Waals surface area contributed by atoms with E-state index in [-0.39, 0.29) is 19.2 Å². The zero-order chi connectivity index (χ0) is 30.1. The van der Waals surface area contributed by atoms with Crippen molar-refractivity contribution >= 4 is 5.97 Å². The summed E-state index contributed by atoms with van der Waals surface area (Å²) >= 11 is 0. The van der Waals surface area contributed by atoms with Crippen LogP contribution in [-0.2, 0) is 9.53 Å². The number of rotatable bonds is 33. The first kappa shape index (κ1) is 40.1. The van der Waals surface area contributed by atoms with Gasteiger partial charge in [-0.3, -0.25) is 4.79 Å². The maximum atomic E-state index is 11.6. The van der Waals surface area contributed by atoms with Gasteiger partial charge in [0.1, 0.15) is 6.10 Å². The molecule has 4 heteroatoms. The molecule has 1 atom stereocenters. The van der Waals surface area contributed by atoms with E-state index in [9.17, 15) is 4.79 Å². The Morgan fingerprint density at radius 3 is 1.39 bits per heavy atom. The highest BCUT2D eigenvalue weighted by Crippen LogP contribution is 2.23. The van der Waals surface area contributed by atoms with Gasteiger partial charge >= 0.3 is 5.97 Å². The molecule has 0 aliphatic carbocycles. The third-order valence-electron chi connectivity index (χ3n) is 8.52. The van der Waals surface area contributed by atoms with Crippen molar-refractivity contribution in [2.24, 2.45) is 5.92 Å². The fraction of sp³-hybridized carbons (Fsp3) is 0.919. The number of carbonyl (C=O) groups excluding carboxylic acids is 1. The lowest BCUT2D eigenvalue weighted by Crippen LogP contribution is -2.25. The smallest absolute Gasteiger partial charge is 0.306 e. The number of unbranched alkanes of at least 4 members (excludes halogenated alkanes) is 20. The molecule has 244 valence electrons. The predicted molar refractivity (Wildman–Crippen MR) is 177 cm³/mol. The summed E-state index contributed by atoms with van der Waals surface area (Å²) in [5, 5.41) is 17.9. The molecule has 0 rings (SSSR count). The van der Waals surface area contributed by atoms with Crippen LogP contribution >= 0.6 is 0 Å². The number of ether oxygens (including phenoxy) is 1. The van der Waals surface area contributed by atoms with Gasteiger partial charge in [-0.05, 0) is 38.0 Å². The van der Waals surface area contributed by atoms with Gasteiger partial charge in [-0.1, -0.05) is 167 Å². The summed E-state index contributed by atoms with van der Waals surface area (Å²) in [4.78, 5) is 11.6. The molecule has 0 aromatic rings. The van der Waals surface area contributed by atoms with Crippen molar-refractivity contribution in [1.82, 2.24) is 0 Å². The van der Waals surface area contributed by atoms with E-state index in [2.05, 4.69) is 26.0 Å². The second-order valence-corrected chi connectivity index (χ2v) is 12.6. The van der Waals surface area contributed by atoms with E-state index in [0.717, 1.165) is 18.8 Å². The normalized spacial score (nSPS) is 12.5. The molecule has 4 nitrogen and oxygen atoms in total. The Morgan fingerprint density at radius 2 is 0.951 bits per heavy atom. The average molecular weight is 581 g/mol. The molecule has 0 aliphatic heterocycles. The summed E-state index contributed by atoms with van der Waals surface area (Å²) in [5.74, 6) is 0.640. The zero-order valence-corrected chi connectivity index (χ0v) is 27.7. The van der Waals surface area contributed by atoms with Gasteiger partial charge in [0, 0.05) is 6.42 Å². The van der Waals surface area contributed by atoms with Gasteiger partial charge in [0.15, 0.2) is 0 Å². The Bertz CT molecular complexity index is 543. The molecule has 41 heavy (non-hydrogen) atoms. The molecular formula is C37H72O4. The van der Waals surface area contributed by atoms with E-state index >= 15 is 0 Å². The zero-order valence-electron chi connectivity index (χ0n) is 27.7. The molecule has 0 saturated heterocycles. The monoisotopic (exact) mass is 581 g/mol. The molecule has 2 N–H and O–H groups in total. The minimum atomic E-state index is -0.767. The number of aliphatic hydroxyl groups excluding tert-OH is 2. The van der Waals surface area contributed by atoms with Gasteiger partial charge in [-0.25, -0.2) is 0 Å². The largest absolute Gasteiger partial charge is 0.457 e. The van der Waals surface area contributed by atoms with E-state index < -0.39 is 6.10 Å². The van der Waals surface area contributed by atoms with Gasteiger partial charge in [-0.15, -0.1) is 0 Å². The van der Waals surface area contributed by atoms with Crippen LogP contribution in [0, 0.1) is 5.92 Å². The lowest BCUT2D eigenvalue weighted by Gasteiger charge is -2.16. The minimum absolute atomic E-state index is 0.313. The van der Waals surface area contributed by atoms with Crippen LogP contribution < -0.4 is 0 Å². The molecular weight excluding hydrogens is 508 g/mol. The van der Waals surface area contributed by atoms with Gasteiger partial charge in [0.2, 0.25) is 0 Å². The summed E-state index contributed by atoms with van der Waals surface area (Å²) in [5.41, 5.74) is 0. The number of esters is 1. The van der Waals surface area contributed by atoms with E-state index in [4.69, 9.17) is 14.9 Å². The van der Waals surface area contributed by atoms with Crippen molar-refractivity contribution in [1.29, 1.82) is 0 Å². The van der Waals surface area contributed by atoms with Crippen molar-refractivity contribution in [2.45, 2.75) is 200 Å². The number of allylic oxidation sites excluding steroid dienone is 2. The Kier molecular flexibility index (Phi) is 32.9. The first-order valence-corrected chi connectivity index (χ1v) is 18.2. The van der Waals surface area contributed by atoms with Gasteiger partial charge in [0.25, 0.3) is 0 Å². The minimum Gasteiger partial charge on any atom is -0.457 e. The van der Waals surface area contributed by atoms with Crippen molar-refractivity contribution in [3.05, 3.63) is 12.2 Å². The highest BCUT2D eigenvalue weighted by atomic mass is 16.6. The van der Waals surface area contributed by atoms with Crippen molar-refractivity contribution in [3.63, 3.8) is 0 Å². The highest BCUT2D eigenvalue weighted by molar-refractivity contribution is 5.69. The van der Waals surface area contributed by atoms with E-state index in [1.807, 2.05) is 0 Å². The number of hydrogen-bond acceptors (Lipinski definition) is 4. The summed E-state index contributed by atoms with van der Waals surface area (Å²) in [6, 6.07) is 0. The third kappa shape index (κ3) is 30.4. The predicted octanol–water partition coefficient (Wildman–Crippen LogP) is 11.0. The first-order chi connectivity index (χ1) is 20.2. The van der Waals surface area contributed by atoms with E-state index in [1.54, 1.807) is 0 Å². The number of aliphatic hydroxyl groups is 2. The molecule has 0 bridgehead atoms. The summed E-state index contributed by atoms with van der Waals surface area (Å²) in [6.07, 6.45) is 40.7. The molecule has 0 spiro atoms. The second-order valence-electron chi connectivity index (χ2n) is 12.6. The molecule has 0 aliphatic rings. The van der Waals surface area contributed by atoms with Crippen molar-refractivity contribution < 1.29 is 19.7 Å². The number of hydrogen-bond donors (Lipinski definition) is 2. The molecule has 1 unspecified atom stereocenters.